The number of amides is 1. The molecule has 1 aliphatic rings. The molecule has 1 aliphatic heterocycles. The minimum Gasteiger partial charge on any atom is -0.465 e. The fraction of sp³-hybridized carbons (Fsp3) is 0.500. The fourth-order valence-corrected chi connectivity index (χ4v) is 2.85. The van der Waals surface area contributed by atoms with Crippen LogP contribution in [0.5, 0.6) is 0 Å². The summed E-state index contributed by atoms with van der Waals surface area (Å²) >= 11 is 0. The van der Waals surface area contributed by atoms with Crippen molar-refractivity contribution in [3.05, 3.63) is 34.6 Å². The summed E-state index contributed by atoms with van der Waals surface area (Å²) in [5.74, 6) is 0.436. The smallest absolute Gasteiger partial charge is 0.405 e. The molecule has 2 aromatic rings. The molecule has 0 radical (unpaired) electrons. The van der Waals surface area contributed by atoms with Gasteiger partial charge in [-0.05, 0) is 31.9 Å². The first-order chi connectivity index (χ1) is 10.6. The molecule has 2 aromatic heterocycles. The Labute approximate surface area is 126 Å². The largest absolute Gasteiger partial charge is 0.465 e. The third kappa shape index (κ3) is 2.57. The lowest BCUT2D eigenvalue weighted by molar-refractivity contribution is 0.0665. The number of hydrogen-bond donors (Lipinski definition) is 2. The van der Waals surface area contributed by atoms with E-state index in [-0.39, 0.29) is 11.7 Å². The summed E-state index contributed by atoms with van der Waals surface area (Å²) < 4.78 is 8.43. The van der Waals surface area contributed by atoms with Gasteiger partial charge in [0.1, 0.15) is 11.5 Å². The molecule has 1 amide bonds. The predicted octanol–water partition coefficient (Wildman–Crippen LogP) is 1.18. The summed E-state index contributed by atoms with van der Waals surface area (Å²) in [4.78, 5) is 28.2. The van der Waals surface area contributed by atoms with Crippen LogP contribution < -0.4 is 11.0 Å². The molecule has 0 aliphatic carbocycles. The topological polar surface area (TPSA) is 97.9 Å². The van der Waals surface area contributed by atoms with Crippen LogP contribution in [0.4, 0.5) is 4.79 Å². The predicted molar refractivity (Wildman–Crippen MR) is 78.1 cm³/mol. The van der Waals surface area contributed by atoms with Crippen molar-refractivity contribution in [2.75, 3.05) is 13.2 Å². The summed E-state index contributed by atoms with van der Waals surface area (Å²) in [5, 5.41) is 11.3. The molecule has 0 aromatic carbocycles. The molecule has 3 heterocycles. The molecular weight excluding hydrogens is 288 g/mol. The van der Waals surface area contributed by atoms with Crippen LogP contribution in [-0.4, -0.2) is 38.4 Å². The number of carbonyl (C=O) groups is 1. The average Bonchev–Trinajstić information content (AvgIpc) is 2.96. The number of ether oxygens (including phenoxy) is 1. The van der Waals surface area contributed by atoms with Crippen molar-refractivity contribution in [1.29, 1.82) is 0 Å². The Morgan fingerprint density at radius 3 is 2.91 bits per heavy atom. The maximum absolute atomic E-state index is 12.8. The Morgan fingerprint density at radius 2 is 2.23 bits per heavy atom. The summed E-state index contributed by atoms with van der Waals surface area (Å²) in [6, 6.07) is 2.87. The minimum absolute atomic E-state index is 0.0337. The highest BCUT2D eigenvalue weighted by atomic mass is 16.5. The first-order valence-electron chi connectivity index (χ1n) is 7.24. The zero-order valence-corrected chi connectivity index (χ0v) is 12.2. The van der Waals surface area contributed by atoms with Gasteiger partial charge in [-0.3, -0.25) is 8.97 Å². The first kappa shape index (κ1) is 14.6. The van der Waals surface area contributed by atoms with Crippen LogP contribution in [0.25, 0.3) is 5.65 Å². The van der Waals surface area contributed by atoms with Crippen molar-refractivity contribution in [1.82, 2.24) is 19.3 Å². The van der Waals surface area contributed by atoms with Crippen molar-refractivity contribution in [3.63, 3.8) is 0 Å². The van der Waals surface area contributed by atoms with Gasteiger partial charge in [-0.2, -0.15) is 0 Å². The molecule has 8 nitrogen and oxygen atoms in total. The number of nitrogens with one attached hydrogen (secondary N) is 1. The van der Waals surface area contributed by atoms with Crippen LogP contribution in [0.15, 0.2) is 23.1 Å². The molecule has 1 unspecified atom stereocenters. The Balaban J connectivity index is 2.14. The van der Waals surface area contributed by atoms with E-state index in [0.29, 0.717) is 37.5 Å². The van der Waals surface area contributed by atoms with Crippen LogP contribution >= 0.6 is 0 Å². The van der Waals surface area contributed by atoms with E-state index in [1.807, 2.05) is 0 Å². The van der Waals surface area contributed by atoms with Gasteiger partial charge in [0.15, 0.2) is 0 Å². The van der Waals surface area contributed by atoms with E-state index in [0.717, 1.165) is 0 Å². The maximum Gasteiger partial charge on any atom is 0.405 e. The number of hydrogen-bond acceptors (Lipinski definition) is 4. The van der Waals surface area contributed by atoms with Crippen molar-refractivity contribution in [2.45, 2.75) is 31.8 Å². The van der Waals surface area contributed by atoms with E-state index in [4.69, 9.17) is 9.84 Å². The zero-order valence-electron chi connectivity index (χ0n) is 12.2. The van der Waals surface area contributed by atoms with E-state index >= 15 is 0 Å². The summed E-state index contributed by atoms with van der Waals surface area (Å²) in [7, 11) is 0. The molecule has 0 bridgehead atoms. The molecule has 0 saturated carbocycles. The third-order valence-corrected chi connectivity index (χ3v) is 3.90. The van der Waals surface area contributed by atoms with E-state index < -0.39 is 12.1 Å². The lowest BCUT2D eigenvalue weighted by Crippen LogP contribution is -2.39. The van der Waals surface area contributed by atoms with Gasteiger partial charge in [-0.1, -0.05) is 0 Å². The Kier molecular flexibility index (Phi) is 3.84. The standard InChI is InChI=1S/C14H18N4O4/c1-9(15-13(19)20)12-16-11-3-2-6-17(11)14(21)18(12)10-4-7-22-8-5-10/h2-3,6,9-10,15H,4-5,7-8H2,1H3,(H,19,20). The monoisotopic (exact) mass is 306 g/mol. The molecule has 2 N–H and O–H groups in total. The zero-order chi connectivity index (χ0) is 15.7. The Bertz CT molecular complexity index is 745. The van der Waals surface area contributed by atoms with E-state index in [2.05, 4.69) is 10.3 Å². The normalized spacial score (nSPS) is 17.5. The first-order valence-corrected chi connectivity index (χ1v) is 7.24. The number of fused-ring (bicyclic) bond motifs is 1. The van der Waals surface area contributed by atoms with Crippen LogP contribution in [0, 0.1) is 0 Å². The second-order valence-electron chi connectivity index (χ2n) is 5.37. The quantitative estimate of drug-likeness (QED) is 0.887. The van der Waals surface area contributed by atoms with Gasteiger partial charge in [0.2, 0.25) is 0 Å². The van der Waals surface area contributed by atoms with Gasteiger partial charge in [-0.25, -0.2) is 14.6 Å². The molecule has 8 heteroatoms. The van der Waals surface area contributed by atoms with Crippen molar-refractivity contribution in [3.8, 4) is 0 Å². The highest BCUT2D eigenvalue weighted by Crippen LogP contribution is 2.23. The number of carboxylic acid groups (broad SMARTS) is 1. The van der Waals surface area contributed by atoms with Crippen molar-refractivity contribution in [2.24, 2.45) is 0 Å². The number of aromatic nitrogens is 3. The van der Waals surface area contributed by atoms with E-state index in [1.165, 1.54) is 4.40 Å². The Hall–Kier alpha value is -2.35. The fourth-order valence-electron chi connectivity index (χ4n) is 2.85. The molecule has 22 heavy (non-hydrogen) atoms. The highest BCUT2D eigenvalue weighted by Gasteiger charge is 2.25. The third-order valence-electron chi connectivity index (χ3n) is 3.90. The van der Waals surface area contributed by atoms with Crippen LogP contribution in [0.2, 0.25) is 0 Å². The van der Waals surface area contributed by atoms with Crippen molar-refractivity contribution < 1.29 is 14.6 Å². The molecule has 1 saturated heterocycles. The van der Waals surface area contributed by atoms with Gasteiger partial charge in [0.25, 0.3) is 0 Å². The number of nitrogens with zero attached hydrogens (tertiary/aromatic N) is 3. The Morgan fingerprint density at radius 1 is 1.50 bits per heavy atom. The van der Waals surface area contributed by atoms with Crippen LogP contribution in [0.3, 0.4) is 0 Å². The van der Waals surface area contributed by atoms with Gasteiger partial charge in [-0.15, -0.1) is 0 Å². The maximum atomic E-state index is 12.8. The SMILES string of the molecule is CC(NC(=O)O)c1nc2cccn2c(=O)n1C1CCOCC1. The molecule has 1 fully saturated rings. The summed E-state index contributed by atoms with van der Waals surface area (Å²) in [6.07, 6.45) is 1.94. The van der Waals surface area contributed by atoms with Gasteiger partial charge >= 0.3 is 11.8 Å². The van der Waals surface area contributed by atoms with Gasteiger partial charge < -0.3 is 15.2 Å². The summed E-state index contributed by atoms with van der Waals surface area (Å²) in [6.45, 7) is 2.85. The van der Waals surface area contributed by atoms with E-state index in [1.54, 1.807) is 29.8 Å². The average molecular weight is 306 g/mol. The van der Waals surface area contributed by atoms with Crippen LogP contribution in [0.1, 0.15) is 37.7 Å². The van der Waals surface area contributed by atoms with Gasteiger partial charge in [0, 0.05) is 25.5 Å². The molecule has 1 atom stereocenters. The lowest BCUT2D eigenvalue weighted by atomic mass is 10.1. The second-order valence-corrected chi connectivity index (χ2v) is 5.37. The second kappa shape index (κ2) is 5.80. The molecular formula is C14H18N4O4. The molecule has 118 valence electrons. The van der Waals surface area contributed by atoms with Crippen LogP contribution in [-0.2, 0) is 4.74 Å². The minimum atomic E-state index is -1.14. The number of rotatable bonds is 3. The lowest BCUT2D eigenvalue weighted by Gasteiger charge is -2.27. The van der Waals surface area contributed by atoms with Gasteiger partial charge in [0.05, 0.1) is 6.04 Å². The molecule has 3 rings (SSSR count). The summed E-state index contributed by atoms with van der Waals surface area (Å²) in [5.41, 5.74) is 0.318. The highest BCUT2D eigenvalue weighted by molar-refractivity contribution is 5.65. The van der Waals surface area contributed by atoms with E-state index in [9.17, 15) is 9.59 Å². The van der Waals surface area contributed by atoms with Crippen molar-refractivity contribution >= 4 is 11.7 Å². The molecule has 0 spiro atoms.